The molecule has 88 valence electrons. The Morgan fingerprint density at radius 2 is 1.71 bits per heavy atom. The molecule has 1 nitrogen and oxygen atoms in total. The average molecular weight is 251 g/mol. The van der Waals surface area contributed by atoms with Crippen LogP contribution in [0.4, 0.5) is 4.39 Å². The average Bonchev–Trinajstić information content (AvgIpc) is 2.33. The summed E-state index contributed by atoms with van der Waals surface area (Å²) >= 11 is 6.14. The van der Waals surface area contributed by atoms with Crippen molar-refractivity contribution in [3.8, 4) is 11.1 Å². The van der Waals surface area contributed by atoms with E-state index >= 15 is 0 Å². The van der Waals surface area contributed by atoms with E-state index in [-0.39, 0.29) is 5.82 Å². The van der Waals surface area contributed by atoms with Gasteiger partial charge in [0, 0.05) is 12.1 Å². The second-order valence-electron chi connectivity index (χ2n) is 3.75. The van der Waals surface area contributed by atoms with Crippen LogP contribution in [-0.4, -0.2) is 7.11 Å². The Morgan fingerprint density at radius 3 is 2.29 bits per heavy atom. The van der Waals surface area contributed by atoms with Crippen molar-refractivity contribution in [2.45, 2.75) is 6.61 Å². The first-order valence-electron chi connectivity index (χ1n) is 5.24. The van der Waals surface area contributed by atoms with Gasteiger partial charge in [-0.05, 0) is 34.9 Å². The van der Waals surface area contributed by atoms with Gasteiger partial charge in [-0.25, -0.2) is 4.39 Å². The summed E-state index contributed by atoms with van der Waals surface area (Å²) in [7, 11) is 1.63. The van der Waals surface area contributed by atoms with Crippen molar-refractivity contribution in [1.82, 2.24) is 0 Å². The molecule has 0 amide bonds. The van der Waals surface area contributed by atoms with Crippen molar-refractivity contribution in [1.29, 1.82) is 0 Å². The Bertz CT molecular complexity index is 508. The lowest BCUT2D eigenvalue weighted by atomic mass is 10.0. The number of hydrogen-bond acceptors (Lipinski definition) is 1. The SMILES string of the molecule is COCc1ccc(-c2ccc(F)cc2)cc1Cl. The highest BCUT2D eigenvalue weighted by Crippen LogP contribution is 2.26. The molecule has 0 atom stereocenters. The molecule has 2 aromatic carbocycles. The van der Waals surface area contributed by atoms with E-state index in [0.29, 0.717) is 11.6 Å². The minimum atomic E-state index is -0.240. The summed E-state index contributed by atoms with van der Waals surface area (Å²) in [5.41, 5.74) is 2.85. The minimum Gasteiger partial charge on any atom is -0.380 e. The van der Waals surface area contributed by atoms with Crippen molar-refractivity contribution in [3.63, 3.8) is 0 Å². The van der Waals surface area contributed by atoms with Gasteiger partial charge in [0.05, 0.1) is 6.61 Å². The van der Waals surface area contributed by atoms with Crippen LogP contribution in [0, 0.1) is 5.82 Å². The molecule has 2 aromatic rings. The highest BCUT2D eigenvalue weighted by molar-refractivity contribution is 6.31. The van der Waals surface area contributed by atoms with Gasteiger partial charge in [0.25, 0.3) is 0 Å². The van der Waals surface area contributed by atoms with Crippen LogP contribution in [0.5, 0.6) is 0 Å². The van der Waals surface area contributed by atoms with Gasteiger partial charge in [-0.1, -0.05) is 35.9 Å². The highest BCUT2D eigenvalue weighted by Gasteiger charge is 2.03. The van der Waals surface area contributed by atoms with E-state index in [9.17, 15) is 4.39 Å². The number of benzene rings is 2. The van der Waals surface area contributed by atoms with Crippen LogP contribution in [0.25, 0.3) is 11.1 Å². The number of methoxy groups -OCH3 is 1. The van der Waals surface area contributed by atoms with E-state index in [1.807, 2.05) is 18.2 Å². The molecule has 0 heterocycles. The lowest BCUT2D eigenvalue weighted by Crippen LogP contribution is -1.89. The first kappa shape index (κ1) is 12.1. The Morgan fingerprint density at radius 1 is 1.06 bits per heavy atom. The smallest absolute Gasteiger partial charge is 0.123 e. The first-order chi connectivity index (χ1) is 8.20. The van der Waals surface area contributed by atoms with Gasteiger partial charge in [0.15, 0.2) is 0 Å². The van der Waals surface area contributed by atoms with Crippen molar-refractivity contribution in [3.05, 3.63) is 58.9 Å². The van der Waals surface area contributed by atoms with Crippen LogP contribution < -0.4 is 0 Å². The Labute approximate surface area is 105 Å². The maximum Gasteiger partial charge on any atom is 0.123 e. The van der Waals surface area contributed by atoms with E-state index < -0.39 is 0 Å². The molecule has 0 fully saturated rings. The Kier molecular flexibility index (Phi) is 3.77. The standard InChI is InChI=1S/C14H12ClFO/c1-17-9-12-3-2-11(8-14(12)15)10-4-6-13(16)7-5-10/h2-8H,9H2,1H3. The quantitative estimate of drug-likeness (QED) is 0.790. The van der Waals surface area contributed by atoms with Gasteiger partial charge in [0.1, 0.15) is 5.82 Å². The van der Waals surface area contributed by atoms with Gasteiger partial charge < -0.3 is 4.74 Å². The summed E-state index contributed by atoms with van der Waals surface area (Å²) in [4.78, 5) is 0. The normalized spacial score (nSPS) is 10.5. The van der Waals surface area contributed by atoms with Gasteiger partial charge >= 0.3 is 0 Å². The fourth-order valence-electron chi connectivity index (χ4n) is 1.64. The molecule has 0 bridgehead atoms. The van der Waals surface area contributed by atoms with Gasteiger partial charge in [-0.3, -0.25) is 0 Å². The fraction of sp³-hybridized carbons (Fsp3) is 0.143. The molecule has 0 radical (unpaired) electrons. The lowest BCUT2D eigenvalue weighted by Gasteiger charge is -2.06. The maximum absolute atomic E-state index is 12.8. The van der Waals surface area contributed by atoms with Crippen LogP contribution >= 0.6 is 11.6 Å². The van der Waals surface area contributed by atoms with E-state index in [1.54, 1.807) is 19.2 Å². The fourth-order valence-corrected chi connectivity index (χ4v) is 1.88. The molecular weight excluding hydrogens is 239 g/mol. The highest BCUT2D eigenvalue weighted by atomic mass is 35.5. The zero-order valence-corrected chi connectivity index (χ0v) is 10.2. The Hall–Kier alpha value is -1.38. The van der Waals surface area contributed by atoms with Crippen LogP contribution in [-0.2, 0) is 11.3 Å². The predicted octanol–water partition coefficient (Wildman–Crippen LogP) is 4.29. The molecule has 0 aliphatic heterocycles. The largest absolute Gasteiger partial charge is 0.380 e. The maximum atomic E-state index is 12.8. The number of rotatable bonds is 3. The topological polar surface area (TPSA) is 9.23 Å². The summed E-state index contributed by atoms with van der Waals surface area (Å²) in [6, 6.07) is 12.1. The number of ether oxygens (including phenoxy) is 1. The van der Waals surface area contributed by atoms with Crippen molar-refractivity contribution in [2.75, 3.05) is 7.11 Å². The number of halogens is 2. The summed E-state index contributed by atoms with van der Waals surface area (Å²) in [6.07, 6.45) is 0. The third-order valence-electron chi connectivity index (χ3n) is 2.53. The second-order valence-corrected chi connectivity index (χ2v) is 4.15. The molecule has 17 heavy (non-hydrogen) atoms. The third-order valence-corrected chi connectivity index (χ3v) is 2.88. The van der Waals surface area contributed by atoms with Crippen LogP contribution in [0.3, 0.4) is 0 Å². The molecule has 0 N–H and O–H groups in total. The summed E-state index contributed by atoms with van der Waals surface area (Å²) in [5, 5.41) is 0.661. The molecule has 0 aliphatic carbocycles. The van der Waals surface area contributed by atoms with E-state index in [4.69, 9.17) is 16.3 Å². The first-order valence-corrected chi connectivity index (χ1v) is 5.62. The lowest BCUT2D eigenvalue weighted by molar-refractivity contribution is 0.185. The summed E-state index contributed by atoms with van der Waals surface area (Å²) in [5.74, 6) is -0.240. The molecule has 3 heteroatoms. The summed E-state index contributed by atoms with van der Waals surface area (Å²) < 4.78 is 17.8. The number of hydrogen-bond donors (Lipinski definition) is 0. The van der Waals surface area contributed by atoms with Gasteiger partial charge in [-0.15, -0.1) is 0 Å². The molecular formula is C14H12ClFO. The van der Waals surface area contributed by atoms with Gasteiger partial charge in [0.2, 0.25) is 0 Å². The van der Waals surface area contributed by atoms with Gasteiger partial charge in [-0.2, -0.15) is 0 Å². The van der Waals surface area contributed by atoms with Crippen LogP contribution in [0.1, 0.15) is 5.56 Å². The third kappa shape index (κ3) is 2.84. The zero-order chi connectivity index (χ0) is 12.3. The van der Waals surface area contributed by atoms with E-state index in [0.717, 1.165) is 16.7 Å². The Balaban J connectivity index is 2.34. The summed E-state index contributed by atoms with van der Waals surface area (Å²) in [6.45, 7) is 0.489. The van der Waals surface area contributed by atoms with Crippen LogP contribution in [0.15, 0.2) is 42.5 Å². The van der Waals surface area contributed by atoms with Crippen molar-refractivity contribution < 1.29 is 9.13 Å². The van der Waals surface area contributed by atoms with Crippen molar-refractivity contribution >= 4 is 11.6 Å². The molecule has 0 saturated carbocycles. The molecule has 0 saturated heterocycles. The van der Waals surface area contributed by atoms with Crippen molar-refractivity contribution in [2.24, 2.45) is 0 Å². The zero-order valence-electron chi connectivity index (χ0n) is 9.41. The minimum absolute atomic E-state index is 0.240. The monoisotopic (exact) mass is 250 g/mol. The molecule has 0 unspecified atom stereocenters. The van der Waals surface area contributed by atoms with E-state index in [1.165, 1.54) is 12.1 Å². The van der Waals surface area contributed by atoms with E-state index in [2.05, 4.69) is 0 Å². The predicted molar refractivity (Wildman–Crippen MR) is 67.6 cm³/mol. The molecule has 0 aromatic heterocycles. The molecule has 0 aliphatic rings. The molecule has 0 spiro atoms. The second kappa shape index (κ2) is 5.30. The van der Waals surface area contributed by atoms with Crippen LogP contribution in [0.2, 0.25) is 5.02 Å². The molecule has 2 rings (SSSR count).